The number of nitriles is 1. The maximum atomic E-state index is 9.09. The van der Waals surface area contributed by atoms with Crippen LogP contribution in [0.1, 0.15) is 31.5 Å². The van der Waals surface area contributed by atoms with Gasteiger partial charge in [-0.3, -0.25) is 5.32 Å². The normalized spacial score (nSPS) is 13.2. The molecule has 0 aliphatic carbocycles. The zero-order valence-electron chi connectivity index (χ0n) is 11.4. The summed E-state index contributed by atoms with van der Waals surface area (Å²) in [5.74, 6) is 1.66. The first-order chi connectivity index (χ1) is 9.03. The molecule has 0 saturated heterocycles. The van der Waals surface area contributed by atoms with Crippen molar-refractivity contribution in [3.05, 3.63) is 42.4 Å². The number of aromatic nitrogens is 2. The van der Waals surface area contributed by atoms with Gasteiger partial charge in [0.1, 0.15) is 17.6 Å². The van der Waals surface area contributed by atoms with Crippen LogP contribution in [0, 0.1) is 16.7 Å². The highest BCUT2D eigenvalue weighted by atomic mass is 16.3. The number of imidazole rings is 1. The van der Waals surface area contributed by atoms with Crippen molar-refractivity contribution in [2.45, 2.75) is 19.9 Å². The van der Waals surface area contributed by atoms with Crippen LogP contribution in [-0.4, -0.2) is 16.1 Å². The molecule has 5 nitrogen and oxygen atoms in total. The van der Waals surface area contributed by atoms with Gasteiger partial charge in [-0.15, -0.1) is 0 Å². The zero-order chi connectivity index (χ0) is 13.9. The van der Waals surface area contributed by atoms with E-state index in [1.54, 1.807) is 12.5 Å². The lowest BCUT2D eigenvalue weighted by Crippen LogP contribution is -2.33. The van der Waals surface area contributed by atoms with Crippen molar-refractivity contribution in [2.24, 2.45) is 12.5 Å². The molecule has 0 aliphatic heterocycles. The molecule has 0 amide bonds. The van der Waals surface area contributed by atoms with Gasteiger partial charge in [0.2, 0.25) is 0 Å². The molecule has 0 saturated carbocycles. The Hall–Kier alpha value is -2.06. The average molecular weight is 258 g/mol. The average Bonchev–Trinajstić information content (AvgIpc) is 3.02. The molecule has 0 aromatic carbocycles. The summed E-state index contributed by atoms with van der Waals surface area (Å²) in [5, 5.41) is 12.4. The topological polar surface area (TPSA) is 66.8 Å². The molecule has 19 heavy (non-hydrogen) atoms. The molecule has 2 aromatic rings. The quantitative estimate of drug-likeness (QED) is 0.893. The number of hydrogen-bond donors (Lipinski definition) is 1. The van der Waals surface area contributed by atoms with Crippen molar-refractivity contribution in [3.63, 3.8) is 0 Å². The smallest absolute Gasteiger partial charge is 0.133 e. The predicted octanol–water partition coefficient (Wildman–Crippen LogP) is 2.24. The van der Waals surface area contributed by atoms with Gasteiger partial charge in [-0.1, -0.05) is 0 Å². The molecule has 5 heteroatoms. The Morgan fingerprint density at radius 3 is 2.89 bits per heavy atom. The minimum Gasteiger partial charge on any atom is -0.467 e. The van der Waals surface area contributed by atoms with Crippen LogP contribution in [0.4, 0.5) is 0 Å². The first kappa shape index (κ1) is 13.4. The van der Waals surface area contributed by atoms with E-state index >= 15 is 0 Å². The van der Waals surface area contributed by atoms with Crippen LogP contribution >= 0.6 is 0 Å². The fourth-order valence-corrected chi connectivity index (χ4v) is 1.83. The molecule has 2 aromatic heterocycles. The minimum absolute atomic E-state index is 0.150. The lowest BCUT2D eigenvalue weighted by atomic mass is 9.95. The van der Waals surface area contributed by atoms with Gasteiger partial charge in [-0.05, 0) is 26.0 Å². The van der Waals surface area contributed by atoms with Gasteiger partial charge in [0.15, 0.2) is 0 Å². The molecule has 1 N–H and O–H groups in total. The third kappa shape index (κ3) is 3.04. The van der Waals surface area contributed by atoms with Gasteiger partial charge >= 0.3 is 0 Å². The molecule has 1 unspecified atom stereocenters. The van der Waals surface area contributed by atoms with E-state index in [0.29, 0.717) is 6.54 Å². The molecule has 0 fully saturated rings. The number of hydrogen-bond acceptors (Lipinski definition) is 4. The monoisotopic (exact) mass is 258 g/mol. The van der Waals surface area contributed by atoms with Gasteiger partial charge in [0.25, 0.3) is 0 Å². The molecular formula is C14H18N4O. The number of aryl methyl sites for hydroxylation is 1. The fraction of sp³-hybridized carbons (Fsp3) is 0.429. The molecular weight excluding hydrogens is 240 g/mol. The SMILES string of the molecule is Cn1ccnc1C(NCC(C)(C)C#N)c1ccco1. The van der Waals surface area contributed by atoms with E-state index in [4.69, 9.17) is 9.68 Å². The number of nitrogens with one attached hydrogen (secondary N) is 1. The van der Waals surface area contributed by atoms with Crippen LogP contribution in [-0.2, 0) is 7.05 Å². The van der Waals surface area contributed by atoms with Gasteiger partial charge in [0, 0.05) is 26.0 Å². The molecule has 2 heterocycles. The van der Waals surface area contributed by atoms with Crippen LogP contribution in [0.2, 0.25) is 0 Å². The van der Waals surface area contributed by atoms with Gasteiger partial charge in [-0.25, -0.2) is 4.98 Å². The fourth-order valence-electron chi connectivity index (χ4n) is 1.83. The Morgan fingerprint density at radius 1 is 1.58 bits per heavy atom. The van der Waals surface area contributed by atoms with E-state index in [-0.39, 0.29) is 6.04 Å². The maximum Gasteiger partial charge on any atom is 0.133 e. The third-order valence-corrected chi connectivity index (χ3v) is 3.00. The summed E-state index contributed by atoms with van der Waals surface area (Å²) in [5.41, 5.74) is -0.435. The summed E-state index contributed by atoms with van der Waals surface area (Å²) in [7, 11) is 1.94. The lowest BCUT2D eigenvalue weighted by Gasteiger charge is -2.21. The Labute approximate surface area is 112 Å². The lowest BCUT2D eigenvalue weighted by molar-refractivity contribution is 0.376. The van der Waals surface area contributed by atoms with Crippen LogP contribution in [0.15, 0.2) is 35.2 Å². The van der Waals surface area contributed by atoms with E-state index in [0.717, 1.165) is 11.6 Å². The minimum atomic E-state index is -0.435. The summed E-state index contributed by atoms with van der Waals surface area (Å²) in [6, 6.07) is 5.89. The molecule has 0 aliphatic rings. The first-order valence-corrected chi connectivity index (χ1v) is 6.19. The standard InChI is InChI=1S/C14H18N4O/c1-14(2,9-15)10-17-12(11-5-4-8-19-11)13-16-6-7-18(13)3/h4-8,12,17H,10H2,1-3H3. The van der Waals surface area contributed by atoms with Crippen LogP contribution in [0.5, 0.6) is 0 Å². The Balaban J connectivity index is 2.22. The van der Waals surface area contributed by atoms with E-state index < -0.39 is 5.41 Å². The highest BCUT2D eigenvalue weighted by Crippen LogP contribution is 2.22. The third-order valence-electron chi connectivity index (χ3n) is 3.00. The summed E-state index contributed by atoms with van der Waals surface area (Å²) < 4.78 is 7.42. The first-order valence-electron chi connectivity index (χ1n) is 6.19. The van der Waals surface area contributed by atoms with Gasteiger partial charge in [-0.2, -0.15) is 5.26 Å². The molecule has 1 atom stereocenters. The summed E-state index contributed by atoms with van der Waals surface area (Å²) in [6.07, 6.45) is 5.28. The zero-order valence-corrected chi connectivity index (χ0v) is 11.4. The maximum absolute atomic E-state index is 9.09. The second-order valence-corrected chi connectivity index (χ2v) is 5.22. The van der Waals surface area contributed by atoms with Crippen molar-refractivity contribution < 1.29 is 4.42 Å². The molecule has 0 spiro atoms. The number of furan rings is 1. The van der Waals surface area contributed by atoms with Crippen LogP contribution in [0.25, 0.3) is 0 Å². The second-order valence-electron chi connectivity index (χ2n) is 5.22. The van der Waals surface area contributed by atoms with Crippen molar-refractivity contribution in [1.82, 2.24) is 14.9 Å². The Bertz CT molecular complexity index is 563. The summed E-state index contributed by atoms with van der Waals surface area (Å²) in [6.45, 7) is 4.36. The van der Waals surface area contributed by atoms with Crippen LogP contribution < -0.4 is 5.32 Å². The molecule has 0 bridgehead atoms. The van der Waals surface area contributed by atoms with Crippen LogP contribution in [0.3, 0.4) is 0 Å². The van der Waals surface area contributed by atoms with E-state index in [1.165, 1.54) is 0 Å². The molecule has 0 radical (unpaired) electrons. The summed E-state index contributed by atoms with van der Waals surface area (Å²) in [4.78, 5) is 4.36. The van der Waals surface area contributed by atoms with E-state index in [1.807, 2.05) is 43.8 Å². The Morgan fingerprint density at radius 2 is 2.37 bits per heavy atom. The largest absolute Gasteiger partial charge is 0.467 e. The molecule has 2 rings (SSSR count). The summed E-state index contributed by atoms with van der Waals surface area (Å²) >= 11 is 0. The van der Waals surface area contributed by atoms with Gasteiger partial charge < -0.3 is 8.98 Å². The Kier molecular flexibility index (Phi) is 3.72. The van der Waals surface area contributed by atoms with E-state index in [2.05, 4.69) is 16.4 Å². The second kappa shape index (κ2) is 5.29. The highest BCUT2D eigenvalue weighted by molar-refractivity contribution is 5.16. The van der Waals surface area contributed by atoms with Crippen molar-refractivity contribution >= 4 is 0 Å². The van der Waals surface area contributed by atoms with Crippen molar-refractivity contribution in [1.29, 1.82) is 5.26 Å². The van der Waals surface area contributed by atoms with Gasteiger partial charge in [0.05, 0.1) is 17.7 Å². The predicted molar refractivity (Wildman–Crippen MR) is 71.2 cm³/mol. The molecule has 100 valence electrons. The van der Waals surface area contributed by atoms with Crippen molar-refractivity contribution in [2.75, 3.05) is 6.54 Å². The highest BCUT2D eigenvalue weighted by Gasteiger charge is 2.24. The van der Waals surface area contributed by atoms with Crippen molar-refractivity contribution in [3.8, 4) is 6.07 Å². The number of nitrogens with zero attached hydrogens (tertiary/aromatic N) is 3. The van der Waals surface area contributed by atoms with E-state index in [9.17, 15) is 0 Å². The number of rotatable bonds is 5.